The van der Waals surface area contributed by atoms with Crippen molar-refractivity contribution < 1.29 is 14.3 Å². The van der Waals surface area contributed by atoms with E-state index in [4.69, 9.17) is 9.72 Å². The number of carbonyl (C=O) groups is 2. The van der Waals surface area contributed by atoms with E-state index in [1.807, 2.05) is 31.2 Å². The molecule has 3 saturated heterocycles. The normalized spacial score (nSPS) is 27.7. The Morgan fingerprint density at radius 3 is 2.59 bits per heavy atom. The number of anilines is 1. The fourth-order valence-electron chi connectivity index (χ4n) is 7.23. The Labute approximate surface area is 231 Å². The summed E-state index contributed by atoms with van der Waals surface area (Å²) in [6, 6.07) is 8.69. The number of amides is 2. The van der Waals surface area contributed by atoms with Gasteiger partial charge in [-0.25, -0.2) is 4.98 Å². The van der Waals surface area contributed by atoms with Gasteiger partial charge in [-0.3, -0.25) is 9.59 Å². The van der Waals surface area contributed by atoms with Crippen molar-refractivity contribution in [2.45, 2.75) is 89.4 Å². The Morgan fingerprint density at radius 2 is 1.92 bits per heavy atom. The number of benzene rings is 1. The van der Waals surface area contributed by atoms with E-state index in [-0.39, 0.29) is 23.4 Å². The second kappa shape index (κ2) is 10.5. The van der Waals surface area contributed by atoms with Gasteiger partial charge in [0.1, 0.15) is 11.6 Å². The Bertz CT molecular complexity index is 1220. The van der Waals surface area contributed by atoms with Crippen LogP contribution in [0.5, 0.6) is 5.75 Å². The molecule has 0 aliphatic carbocycles. The summed E-state index contributed by atoms with van der Waals surface area (Å²) >= 11 is 0. The predicted octanol–water partition coefficient (Wildman–Crippen LogP) is 3.76. The number of fused-ring (bicyclic) bond motifs is 3. The number of hydrogen-bond acceptors (Lipinski definition) is 6. The molecular weight excluding hydrogens is 490 g/mol. The van der Waals surface area contributed by atoms with Crippen molar-refractivity contribution in [3.05, 3.63) is 52.7 Å². The van der Waals surface area contributed by atoms with Crippen LogP contribution in [0.3, 0.4) is 0 Å². The van der Waals surface area contributed by atoms with Crippen molar-refractivity contribution in [3.63, 3.8) is 0 Å². The van der Waals surface area contributed by atoms with Gasteiger partial charge in [0.25, 0.3) is 11.8 Å². The molecule has 0 saturated carbocycles. The molecular formula is C31H41N5O3. The number of rotatable bonds is 6. The topological polar surface area (TPSA) is 95.6 Å². The number of carbonyl (C=O) groups excluding carboxylic acids is 2. The van der Waals surface area contributed by atoms with Gasteiger partial charge < -0.3 is 25.6 Å². The van der Waals surface area contributed by atoms with Crippen LogP contribution < -0.4 is 25.6 Å². The van der Waals surface area contributed by atoms with Crippen molar-refractivity contribution in [1.82, 2.24) is 20.9 Å². The first-order valence-corrected chi connectivity index (χ1v) is 14.7. The average Bonchev–Trinajstić information content (AvgIpc) is 3.52. The maximum Gasteiger partial charge on any atom is 0.253 e. The molecule has 4 aliphatic heterocycles. The number of nitrogens with one attached hydrogen (secondary N) is 3. The highest BCUT2D eigenvalue weighted by Gasteiger charge is 2.42. The Balaban J connectivity index is 1.09. The van der Waals surface area contributed by atoms with E-state index in [2.05, 4.69) is 34.7 Å². The summed E-state index contributed by atoms with van der Waals surface area (Å²) in [6.07, 6.45) is 8.68. The molecule has 1 aromatic heterocycles. The lowest BCUT2D eigenvalue weighted by molar-refractivity contribution is 0.0829. The lowest BCUT2D eigenvalue weighted by atomic mass is 9.80. The summed E-state index contributed by atoms with van der Waals surface area (Å²) in [6.45, 7) is 8.84. The zero-order valence-electron chi connectivity index (χ0n) is 23.4. The molecule has 2 unspecified atom stereocenters. The molecule has 0 radical (unpaired) electrons. The van der Waals surface area contributed by atoms with Gasteiger partial charge >= 0.3 is 0 Å². The van der Waals surface area contributed by atoms with Gasteiger partial charge in [0.05, 0.1) is 17.7 Å². The van der Waals surface area contributed by atoms with Crippen molar-refractivity contribution >= 4 is 17.6 Å². The van der Waals surface area contributed by atoms with Gasteiger partial charge in [0.15, 0.2) is 0 Å². The van der Waals surface area contributed by atoms with E-state index in [0.29, 0.717) is 35.7 Å². The molecule has 2 aromatic rings. The summed E-state index contributed by atoms with van der Waals surface area (Å²) in [5.41, 5.74) is 3.23. The molecule has 6 rings (SSSR count). The van der Waals surface area contributed by atoms with Crippen LogP contribution in [0.1, 0.15) is 84.2 Å². The number of pyridine rings is 1. The molecule has 8 nitrogen and oxygen atoms in total. The number of hydrogen-bond donors (Lipinski definition) is 3. The van der Waals surface area contributed by atoms with Gasteiger partial charge in [-0.15, -0.1) is 0 Å². The first-order chi connectivity index (χ1) is 18.8. The minimum absolute atomic E-state index is 0.00974. The van der Waals surface area contributed by atoms with Crippen LogP contribution in [0.2, 0.25) is 0 Å². The van der Waals surface area contributed by atoms with Crippen molar-refractivity contribution in [1.29, 1.82) is 0 Å². The minimum Gasteiger partial charge on any atom is -0.493 e. The quantitative estimate of drug-likeness (QED) is 0.525. The first kappa shape index (κ1) is 26.1. The third kappa shape index (κ3) is 4.88. The Hall–Kier alpha value is -3.13. The predicted molar refractivity (Wildman–Crippen MR) is 152 cm³/mol. The second-order valence-corrected chi connectivity index (χ2v) is 12.2. The van der Waals surface area contributed by atoms with Crippen molar-refractivity contribution in [3.8, 4) is 5.75 Å². The summed E-state index contributed by atoms with van der Waals surface area (Å²) in [5, 5.41) is 10.1. The van der Waals surface area contributed by atoms with Gasteiger partial charge in [-0.2, -0.15) is 0 Å². The second-order valence-electron chi connectivity index (χ2n) is 12.2. The zero-order valence-corrected chi connectivity index (χ0v) is 23.4. The molecule has 5 heterocycles. The van der Waals surface area contributed by atoms with Crippen LogP contribution >= 0.6 is 0 Å². The van der Waals surface area contributed by atoms with E-state index in [1.165, 1.54) is 5.56 Å². The van der Waals surface area contributed by atoms with Gasteiger partial charge in [0.2, 0.25) is 0 Å². The highest BCUT2D eigenvalue weighted by Crippen LogP contribution is 2.39. The molecule has 8 heteroatoms. The maximum absolute atomic E-state index is 13.2. The molecule has 4 aliphatic rings. The summed E-state index contributed by atoms with van der Waals surface area (Å²) < 4.78 is 5.77. The summed E-state index contributed by atoms with van der Waals surface area (Å²) in [5.74, 6) is 2.09. The van der Waals surface area contributed by atoms with Crippen LogP contribution in [0, 0.1) is 12.8 Å². The lowest BCUT2D eigenvalue weighted by Crippen LogP contribution is -2.60. The highest BCUT2D eigenvalue weighted by atomic mass is 16.5. The third-order valence-corrected chi connectivity index (χ3v) is 9.58. The van der Waals surface area contributed by atoms with Crippen LogP contribution in [-0.2, 0) is 6.42 Å². The molecule has 2 amide bonds. The maximum atomic E-state index is 13.2. The zero-order chi connectivity index (χ0) is 27.1. The fourth-order valence-corrected chi connectivity index (χ4v) is 7.23. The third-order valence-electron chi connectivity index (χ3n) is 9.58. The molecule has 39 heavy (non-hydrogen) atoms. The molecule has 3 fully saturated rings. The Kier molecular flexibility index (Phi) is 7.00. The van der Waals surface area contributed by atoms with E-state index < -0.39 is 0 Å². The van der Waals surface area contributed by atoms with Crippen LogP contribution in [0.4, 0.5) is 5.82 Å². The summed E-state index contributed by atoms with van der Waals surface area (Å²) in [4.78, 5) is 33.5. The lowest BCUT2D eigenvalue weighted by Gasteiger charge is -2.42. The number of piperidine rings is 2. The van der Waals surface area contributed by atoms with E-state index >= 15 is 0 Å². The Morgan fingerprint density at radius 1 is 1.13 bits per heavy atom. The van der Waals surface area contributed by atoms with Crippen LogP contribution in [0.15, 0.2) is 30.5 Å². The van der Waals surface area contributed by atoms with Crippen LogP contribution in [-0.4, -0.2) is 60.2 Å². The van der Waals surface area contributed by atoms with Crippen molar-refractivity contribution in [2.75, 3.05) is 24.6 Å². The average molecular weight is 532 g/mol. The molecule has 0 spiro atoms. The van der Waals surface area contributed by atoms with E-state index in [1.54, 1.807) is 6.20 Å². The fraction of sp³-hybridized carbons (Fsp3) is 0.581. The summed E-state index contributed by atoms with van der Waals surface area (Å²) in [7, 11) is 0. The molecule has 3 N–H and O–H groups in total. The number of ether oxygens (including phenoxy) is 1. The van der Waals surface area contributed by atoms with Gasteiger partial charge in [-0.05, 0) is 81.7 Å². The largest absolute Gasteiger partial charge is 0.493 e. The van der Waals surface area contributed by atoms with E-state index in [9.17, 15) is 9.59 Å². The monoisotopic (exact) mass is 531 g/mol. The molecule has 208 valence electrons. The number of aromatic nitrogens is 1. The van der Waals surface area contributed by atoms with Gasteiger partial charge in [-0.1, -0.05) is 19.9 Å². The number of nitrogens with zero attached hydrogens (tertiary/aromatic N) is 2. The standard InChI is InChI=1S/C31H41N5O3/c1-19(2)31(12-4-13-32-18-31)35-29(37)22-6-10-27(33-17-22)36-24-7-8-25(36)16-23(15-24)34-30(38)26-9-5-21-11-14-39-28(21)20(26)3/h5-6,9-10,17,19,23-25,32H,4,7-8,11-16,18H2,1-3H3,(H,34,38)(H,35,37)/t23?,24?,25?,31-/m0/s1. The smallest absolute Gasteiger partial charge is 0.253 e. The molecule has 1 aromatic carbocycles. The minimum atomic E-state index is -0.217. The first-order valence-electron chi connectivity index (χ1n) is 14.7. The van der Waals surface area contributed by atoms with Gasteiger partial charge in [0, 0.05) is 48.4 Å². The molecule has 3 atom stereocenters. The van der Waals surface area contributed by atoms with E-state index in [0.717, 1.165) is 75.2 Å². The van der Waals surface area contributed by atoms with Crippen LogP contribution in [0.25, 0.3) is 0 Å². The SMILES string of the molecule is Cc1c(C(=O)NC2CC3CCC(C2)N3c2ccc(C(=O)N[C@@]3(C(C)C)CCCNC3)cn2)ccc2c1OCC2. The van der Waals surface area contributed by atoms with Crippen molar-refractivity contribution in [2.24, 2.45) is 5.92 Å². The molecule has 2 bridgehead atoms. The highest BCUT2D eigenvalue weighted by molar-refractivity contribution is 5.97.